The van der Waals surface area contributed by atoms with E-state index in [0.717, 1.165) is 32.1 Å². The van der Waals surface area contributed by atoms with Crippen molar-refractivity contribution < 1.29 is 9.59 Å². The fourth-order valence-corrected chi connectivity index (χ4v) is 5.20. The number of hydrogen-bond donors (Lipinski definition) is 1. The highest BCUT2D eigenvalue weighted by molar-refractivity contribution is 7.98. The maximum atomic E-state index is 13.0. The highest BCUT2D eigenvalue weighted by atomic mass is 32.2. The van der Waals surface area contributed by atoms with Crippen LogP contribution in [0.25, 0.3) is 10.2 Å². The Kier molecular flexibility index (Phi) is 6.62. The number of benzene rings is 2. The SMILES string of the molecule is CSc1ccccc1NC(=O)CN(C)C(=O)c1cc2c(C)nn(Cc3ccccc3)c2s1. The van der Waals surface area contributed by atoms with Gasteiger partial charge in [-0.3, -0.25) is 14.3 Å². The Balaban J connectivity index is 1.48. The van der Waals surface area contributed by atoms with Gasteiger partial charge in [0.05, 0.1) is 29.3 Å². The molecule has 0 atom stereocenters. The highest BCUT2D eigenvalue weighted by Crippen LogP contribution is 2.30. The van der Waals surface area contributed by atoms with Crippen LogP contribution in [0.15, 0.2) is 65.6 Å². The van der Waals surface area contributed by atoms with Crippen LogP contribution >= 0.6 is 23.1 Å². The molecule has 2 heterocycles. The lowest BCUT2D eigenvalue weighted by atomic mass is 10.2. The topological polar surface area (TPSA) is 67.2 Å². The molecule has 2 amide bonds. The van der Waals surface area contributed by atoms with Crippen LogP contribution in [-0.4, -0.2) is 46.3 Å². The molecule has 0 aliphatic heterocycles. The van der Waals surface area contributed by atoms with Gasteiger partial charge < -0.3 is 10.2 Å². The number of nitrogens with one attached hydrogen (secondary N) is 1. The van der Waals surface area contributed by atoms with E-state index in [-0.39, 0.29) is 18.4 Å². The van der Waals surface area contributed by atoms with E-state index in [1.165, 1.54) is 16.2 Å². The van der Waals surface area contributed by atoms with Crippen LogP contribution in [0.4, 0.5) is 5.69 Å². The van der Waals surface area contributed by atoms with Crippen LogP contribution in [0, 0.1) is 6.92 Å². The number of likely N-dealkylation sites (N-methyl/N-ethyl adjacent to an activating group) is 1. The minimum Gasteiger partial charge on any atom is -0.332 e. The van der Waals surface area contributed by atoms with Crippen molar-refractivity contribution in [1.82, 2.24) is 14.7 Å². The molecule has 4 rings (SSSR count). The van der Waals surface area contributed by atoms with Gasteiger partial charge in [0.1, 0.15) is 4.83 Å². The van der Waals surface area contributed by atoms with Crippen molar-refractivity contribution in [2.75, 3.05) is 25.2 Å². The zero-order chi connectivity index (χ0) is 22.7. The first-order valence-electron chi connectivity index (χ1n) is 10.2. The molecule has 0 saturated heterocycles. The summed E-state index contributed by atoms with van der Waals surface area (Å²) in [5.74, 6) is -0.403. The Hall–Kier alpha value is -3.10. The number of carbonyl (C=O) groups excluding carboxylic acids is 2. The van der Waals surface area contributed by atoms with Crippen LogP contribution < -0.4 is 5.32 Å². The predicted octanol–water partition coefficient (Wildman–Crippen LogP) is 4.89. The first-order valence-corrected chi connectivity index (χ1v) is 12.2. The maximum Gasteiger partial charge on any atom is 0.264 e. The van der Waals surface area contributed by atoms with Gasteiger partial charge in [-0.1, -0.05) is 42.5 Å². The highest BCUT2D eigenvalue weighted by Gasteiger charge is 2.21. The third-order valence-corrected chi connectivity index (χ3v) is 7.03. The molecule has 0 aliphatic carbocycles. The second-order valence-corrected chi connectivity index (χ2v) is 9.35. The molecule has 0 aliphatic rings. The lowest BCUT2D eigenvalue weighted by Gasteiger charge is -2.16. The van der Waals surface area contributed by atoms with Gasteiger partial charge in [0, 0.05) is 17.3 Å². The van der Waals surface area contributed by atoms with Crippen LogP contribution in [0.3, 0.4) is 0 Å². The Labute approximate surface area is 195 Å². The molecule has 32 heavy (non-hydrogen) atoms. The van der Waals surface area contributed by atoms with Crippen molar-refractivity contribution in [2.45, 2.75) is 18.4 Å². The number of aryl methyl sites for hydroxylation is 1. The maximum absolute atomic E-state index is 13.0. The van der Waals surface area contributed by atoms with E-state index >= 15 is 0 Å². The molecular formula is C24H24N4O2S2. The molecule has 0 spiro atoms. The fourth-order valence-electron chi connectivity index (χ4n) is 3.49. The van der Waals surface area contributed by atoms with E-state index in [1.807, 2.05) is 66.4 Å². The number of carbonyl (C=O) groups is 2. The molecule has 4 aromatic rings. The number of para-hydroxylation sites is 1. The largest absolute Gasteiger partial charge is 0.332 e. The lowest BCUT2D eigenvalue weighted by molar-refractivity contribution is -0.116. The molecule has 0 radical (unpaired) electrons. The molecule has 164 valence electrons. The molecule has 8 heteroatoms. The normalized spacial score (nSPS) is 11.0. The summed E-state index contributed by atoms with van der Waals surface area (Å²) >= 11 is 2.98. The summed E-state index contributed by atoms with van der Waals surface area (Å²) in [6, 6.07) is 19.6. The number of thiophene rings is 1. The van der Waals surface area contributed by atoms with Gasteiger partial charge in [-0.15, -0.1) is 23.1 Å². The van der Waals surface area contributed by atoms with Crippen molar-refractivity contribution in [3.63, 3.8) is 0 Å². The van der Waals surface area contributed by atoms with Crippen molar-refractivity contribution in [1.29, 1.82) is 0 Å². The summed E-state index contributed by atoms with van der Waals surface area (Å²) in [7, 11) is 1.65. The summed E-state index contributed by atoms with van der Waals surface area (Å²) in [6.45, 7) is 2.57. The monoisotopic (exact) mass is 464 g/mol. The molecule has 0 bridgehead atoms. The quantitative estimate of drug-likeness (QED) is 0.396. The second kappa shape index (κ2) is 9.58. The fraction of sp³-hybridized carbons (Fsp3) is 0.208. The first-order chi connectivity index (χ1) is 15.5. The van der Waals surface area contributed by atoms with Crippen molar-refractivity contribution in [3.8, 4) is 0 Å². The molecule has 2 aromatic carbocycles. The first kappa shape index (κ1) is 22.1. The van der Waals surface area contributed by atoms with Crippen molar-refractivity contribution >= 4 is 50.8 Å². The summed E-state index contributed by atoms with van der Waals surface area (Å²) in [6.07, 6.45) is 1.96. The van der Waals surface area contributed by atoms with Gasteiger partial charge in [0.15, 0.2) is 0 Å². The molecule has 0 unspecified atom stereocenters. The number of anilines is 1. The third-order valence-electron chi connectivity index (χ3n) is 5.10. The van der Waals surface area contributed by atoms with E-state index in [2.05, 4.69) is 22.5 Å². The van der Waals surface area contributed by atoms with Crippen LogP contribution in [0.5, 0.6) is 0 Å². The Bertz CT molecular complexity index is 1260. The average molecular weight is 465 g/mol. The standard InChI is InChI=1S/C24H24N4O2S2/c1-16-18-13-21(32-24(18)28(26-16)14-17-9-5-4-6-10-17)23(30)27(2)15-22(29)25-19-11-7-8-12-20(19)31-3/h4-13H,14-15H2,1-3H3,(H,25,29). The number of amides is 2. The van der Waals surface area contributed by atoms with E-state index in [1.54, 1.807) is 18.8 Å². The molecule has 0 fully saturated rings. The van der Waals surface area contributed by atoms with Gasteiger partial charge in [-0.05, 0) is 36.9 Å². The summed E-state index contributed by atoms with van der Waals surface area (Å²) in [5.41, 5.74) is 2.79. The molecular weight excluding hydrogens is 440 g/mol. The summed E-state index contributed by atoms with van der Waals surface area (Å²) in [5, 5.41) is 8.51. The van der Waals surface area contributed by atoms with Crippen molar-refractivity contribution in [3.05, 3.63) is 76.8 Å². The Morgan fingerprint density at radius 1 is 1.12 bits per heavy atom. The third kappa shape index (κ3) is 4.71. The molecule has 0 saturated carbocycles. The van der Waals surface area contributed by atoms with Crippen LogP contribution in [0.1, 0.15) is 20.9 Å². The number of thioether (sulfide) groups is 1. The van der Waals surface area contributed by atoms with E-state index in [4.69, 9.17) is 0 Å². The number of rotatable bonds is 7. The lowest BCUT2D eigenvalue weighted by Crippen LogP contribution is -2.34. The molecule has 1 N–H and O–H groups in total. The summed E-state index contributed by atoms with van der Waals surface area (Å²) in [4.78, 5) is 29.6. The van der Waals surface area contributed by atoms with Gasteiger partial charge in [0.25, 0.3) is 5.91 Å². The van der Waals surface area contributed by atoms with Gasteiger partial charge in [-0.2, -0.15) is 5.10 Å². The minimum atomic E-state index is -0.227. The van der Waals surface area contributed by atoms with Gasteiger partial charge in [-0.25, -0.2) is 0 Å². The zero-order valence-electron chi connectivity index (χ0n) is 18.2. The Morgan fingerprint density at radius 3 is 2.59 bits per heavy atom. The van der Waals surface area contributed by atoms with E-state index in [9.17, 15) is 9.59 Å². The van der Waals surface area contributed by atoms with E-state index < -0.39 is 0 Å². The second-order valence-electron chi connectivity index (χ2n) is 7.47. The number of fused-ring (bicyclic) bond motifs is 1. The smallest absolute Gasteiger partial charge is 0.264 e. The summed E-state index contributed by atoms with van der Waals surface area (Å²) < 4.78 is 1.94. The molecule has 6 nitrogen and oxygen atoms in total. The van der Waals surface area contributed by atoms with E-state index in [0.29, 0.717) is 11.4 Å². The van der Waals surface area contributed by atoms with Crippen LogP contribution in [0.2, 0.25) is 0 Å². The van der Waals surface area contributed by atoms with Crippen molar-refractivity contribution in [2.24, 2.45) is 0 Å². The van der Waals surface area contributed by atoms with Gasteiger partial charge >= 0.3 is 0 Å². The minimum absolute atomic E-state index is 0.0229. The number of nitrogens with zero attached hydrogens (tertiary/aromatic N) is 3. The predicted molar refractivity (Wildman–Crippen MR) is 132 cm³/mol. The van der Waals surface area contributed by atoms with Crippen LogP contribution in [-0.2, 0) is 11.3 Å². The zero-order valence-corrected chi connectivity index (χ0v) is 19.8. The average Bonchev–Trinajstić information content (AvgIpc) is 3.35. The number of hydrogen-bond acceptors (Lipinski definition) is 5. The molecule has 2 aromatic heterocycles. The van der Waals surface area contributed by atoms with Gasteiger partial charge in [0.2, 0.25) is 5.91 Å². The number of aromatic nitrogens is 2. The Morgan fingerprint density at radius 2 is 1.84 bits per heavy atom.